The van der Waals surface area contributed by atoms with Gasteiger partial charge in [-0.15, -0.1) is 12.8 Å². The van der Waals surface area contributed by atoms with Gasteiger partial charge in [-0.25, -0.2) is 9.36 Å². The Bertz CT molecular complexity index is 786. The number of H-pyrrole nitrogens is 1. The van der Waals surface area contributed by atoms with E-state index in [0.717, 1.165) is 0 Å². The Morgan fingerprint density at radius 1 is 1.19 bits per heavy atom. The van der Waals surface area contributed by atoms with Gasteiger partial charge in [0.1, 0.15) is 6.10 Å². The lowest BCUT2D eigenvalue weighted by atomic mass is 10.3. The quantitative estimate of drug-likeness (QED) is 0.412. The van der Waals surface area contributed by atoms with Crippen LogP contribution in [0.5, 0.6) is 0 Å². The minimum atomic E-state index is -3.62. The maximum absolute atomic E-state index is 12.2. The first-order valence-electron chi connectivity index (χ1n) is 7.91. The van der Waals surface area contributed by atoms with Crippen molar-refractivity contribution < 1.29 is 22.9 Å². The minimum absolute atomic E-state index is 0.0542. The molecule has 1 aromatic heterocycles. The van der Waals surface area contributed by atoms with Gasteiger partial charge < -0.3 is 4.74 Å². The molecule has 1 aliphatic rings. The first-order chi connectivity index (χ1) is 12.4. The van der Waals surface area contributed by atoms with Crippen LogP contribution in [0.15, 0.2) is 27.9 Å². The largest absolute Gasteiger partial charge is 0.474 e. The Labute approximate surface area is 151 Å². The highest BCUT2D eigenvalue weighted by Gasteiger charge is 2.29. The molecule has 0 radical (unpaired) electrons. The summed E-state index contributed by atoms with van der Waals surface area (Å²) in [4.78, 5) is 25.5. The second kappa shape index (κ2) is 10.3. The van der Waals surface area contributed by atoms with E-state index in [9.17, 15) is 14.2 Å². The average molecular weight is 386 g/mol. The van der Waals surface area contributed by atoms with E-state index in [0.29, 0.717) is 5.56 Å². The van der Waals surface area contributed by atoms with Gasteiger partial charge in [0.25, 0.3) is 5.56 Å². The number of nitrogens with one attached hydrogen (secondary N) is 1. The molecule has 0 bridgehead atoms. The van der Waals surface area contributed by atoms with Crippen molar-refractivity contribution in [2.24, 2.45) is 0 Å². The number of terminal acetylenes is 1. The van der Waals surface area contributed by atoms with E-state index in [1.807, 2.05) is 0 Å². The highest BCUT2D eigenvalue weighted by Crippen LogP contribution is 2.49. The van der Waals surface area contributed by atoms with Crippen molar-refractivity contribution in [1.82, 2.24) is 9.55 Å². The fraction of sp³-hybridized carbons (Fsp3) is 0.500. The van der Waals surface area contributed by atoms with Gasteiger partial charge in [-0.3, -0.25) is 27.9 Å². The van der Waals surface area contributed by atoms with Gasteiger partial charge in [0.2, 0.25) is 0 Å². The van der Waals surface area contributed by atoms with Crippen molar-refractivity contribution in [1.29, 1.82) is 0 Å². The summed E-state index contributed by atoms with van der Waals surface area (Å²) in [6.45, 7) is 5.28. The lowest BCUT2D eigenvalue weighted by Gasteiger charge is -2.19. The van der Waals surface area contributed by atoms with E-state index < -0.39 is 31.4 Å². The summed E-state index contributed by atoms with van der Waals surface area (Å²) in [5.41, 5.74) is -0.618. The van der Waals surface area contributed by atoms with Crippen LogP contribution >= 0.6 is 7.82 Å². The molecule has 0 spiro atoms. The number of rotatable bonds is 8. The second-order valence-electron chi connectivity index (χ2n) is 5.01. The van der Waals surface area contributed by atoms with Crippen LogP contribution in [-0.4, -0.2) is 35.5 Å². The van der Waals surface area contributed by atoms with Gasteiger partial charge in [-0.05, 0) is 26.8 Å². The molecule has 1 aliphatic heterocycles. The molecule has 0 aliphatic carbocycles. The van der Waals surface area contributed by atoms with Gasteiger partial charge >= 0.3 is 13.5 Å². The van der Waals surface area contributed by atoms with Gasteiger partial charge in [-0.1, -0.05) is 6.08 Å². The zero-order valence-electron chi connectivity index (χ0n) is 14.9. The number of hydrogen-bond acceptors (Lipinski definition) is 7. The summed E-state index contributed by atoms with van der Waals surface area (Å²) in [6, 6.07) is 0. The van der Waals surface area contributed by atoms with E-state index in [-0.39, 0.29) is 19.8 Å². The Balaban J connectivity index is 0.00000163. The monoisotopic (exact) mass is 386 g/mol. The molecule has 26 heavy (non-hydrogen) atoms. The van der Waals surface area contributed by atoms with Crippen LogP contribution in [-0.2, 0) is 22.9 Å². The third-order valence-electron chi connectivity index (χ3n) is 3.20. The number of aromatic amines is 1. The highest BCUT2D eigenvalue weighted by atomic mass is 31.2. The first kappa shape index (κ1) is 22.1. The van der Waals surface area contributed by atoms with E-state index in [4.69, 9.17) is 18.3 Å². The Hall–Kier alpha value is -1.95. The molecule has 10 heteroatoms. The van der Waals surface area contributed by atoms with Crippen molar-refractivity contribution in [3.8, 4) is 12.8 Å². The van der Waals surface area contributed by atoms with Crippen molar-refractivity contribution in [3.63, 3.8) is 0 Å². The van der Waals surface area contributed by atoms with Gasteiger partial charge in [0.15, 0.2) is 6.23 Å². The van der Waals surface area contributed by atoms with Crippen LogP contribution in [0.1, 0.15) is 25.6 Å². The summed E-state index contributed by atoms with van der Waals surface area (Å²) in [7, 11) is -3.62. The maximum Gasteiger partial charge on any atom is 0.474 e. The van der Waals surface area contributed by atoms with Crippen molar-refractivity contribution in [3.05, 3.63) is 44.8 Å². The van der Waals surface area contributed by atoms with Gasteiger partial charge in [0, 0.05) is 11.8 Å². The minimum Gasteiger partial charge on any atom is -0.344 e. The number of phosphoric ester groups is 1. The molecule has 0 saturated carbocycles. The predicted molar refractivity (Wildman–Crippen MR) is 95.8 cm³/mol. The lowest BCUT2D eigenvalue weighted by Crippen LogP contribution is -2.33. The topological polar surface area (TPSA) is 109 Å². The van der Waals surface area contributed by atoms with Crippen LogP contribution in [0.4, 0.5) is 0 Å². The molecule has 0 aromatic carbocycles. The molecule has 9 nitrogen and oxygen atoms in total. The molecule has 1 aromatic rings. The molecule has 144 valence electrons. The van der Waals surface area contributed by atoms with Gasteiger partial charge in [-0.2, -0.15) is 0 Å². The maximum atomic E-state index is 12.2. The number of hydrogen-bond donors (Lipinski definition) is 1. The molecule has 0 fully saturated rings. The number of aromatic nitrogens is 2. The number of nitrogens with zero attached hydrogens (tertiary/aromatic N) is 1. The van der Waals surface area contributed by atoms with Gasteiger partial charge in [0.05, 0.1) is 19.8 Å². The van der Waals surface area contributed by atoms with Crippen molar-refractivity contribution in [2.75, 3.05) is 19.8 Å². The fourth-order valence-corrected chi connectivity index (χ4v) is 3.30. The highest BCUT2D eigenvalue weighted by molar-refractivity contribution is 7.48. The summed E-state index contributed by atoms with van der Waals surface area (Å²) in [5, 5.41) is 0. The van der Waals surface area contributed by atoms with Crippen LogP contribution < -0.4 is 11.2 Å². The first-order valence-corrected chi connectivity index (χ1v) is 9.37. The number of ether oxygens (including phenoxy) is 1. The number of phosphoric acid groups is 1. The molecule has 2 heterocycles. The third kappa shape index (κ3) is 5.80. The Kier molecular flexibility index (Phi) is 8.72. The smallest absolute Gasteiger partial charge is 0.344 e. The van der Waals surface area contributed by atoms with E-state index in [1.54, 1.807) is 32.9 Å². The molecule has 2 rings (SSSR count). The SMILES string of the molecule is C#C.CCOP(=O)(OCC)OCC1C=CC(n2cc(C)c(=O)[nH]c2=O)O1. The molecule has 0 amide bonds. The normalized spacial score (nSPS) is 19.1. The second-order valence-corrected chi connectivity index (χ2v) is 6.68. The zero-order chi connectivity index (χ0) is 19.7. The molecular weight excluding hydrogens is 363 g/mol. The fourth-order valence-electron chi connectivity index (χ4n) is 2.11. The lowest BCUT2D eigenvalue weighted by molar-refractivity contribution is -0.0143. The van der Waals surface area contributed by atoms with E-state index in [2.05, 4.69) is 17.8 Å². The van der Waals surface area contributed by atoms with Crippen molar-refractivity contribution >= 4 is 7.82 Å². The van der Waals surface area contributed by atoms with E-state index in [1.165, 1.54) is 10.8 Å². The zero-order valence-corrected chi connectivity index (χ0v) is 15.8. The standard InChI is InChI=1S/C14H21N2O7P.C2H2/c1-4-20-24(19,21-5-2)22-9-11-6-7-12(23-11)16-8-10(3)13(17)15-14(16)18;1-2/h6-8,11-12H,4-5,9H2,1-3H3,(H,15,17,18);1-2H. The van der Waals surface area contributed by atoms with Crippen LogP contribution in [0.2, 0.25) is 0 Å². The summed E-state index contributed by atoms with van der Waals surface area (Å²) in [6.07, 6.45) is 11.5. The van der Waals surface area contributed by atoms with Crippen LogP contribution in [0, 0.1) is 19.8 Å². The molecule has 1 N–H and O–H groups in total. The number of aryl methyl sites for hydroxylation is 1. The van der Waals surface area contributed by atoms with E-state index >= 15 is 0 Å². The molecule has 2 atom stereocenters. The third-order valence-corrected chi connectivity index (χ3v) is 4.81. The summed E-state index contributed by atoms with van der Waals surface area (Å²) >= 11 is 0. The summed E-state index contributed by atoms with van der Waals surface area (Å²) < 4.78 is 34.4. The molecule has 2 unspecified atom stereocenters. The van der Waals surface area contributed by atoms with Crippen molar-refractivity contribution in [2.45, 2.75) is 33.1 Å². The van der Waals surface area contributed by atoms with Crippen LogP contribution in [0.3, 0.4) is 0 Å². The average Bonchev–Trinajstić information content (AvgIpc) is 3.07. The Morgan fingerprint density at radius 3 is 2.38 bits per heavy atom. The predicted octanol–water partition coefficient (Wildman–Crippen LogP) is 1.75. The molecular formula is C16H23N2O7P. The Morgan fingerprint density at radius 2 is 1.81 bits per heavy atom. The molecule has 0 saturated heterocycles. The van der Waals surface area contributed by atoms with Crippen LogP contribution in [0.25, 0.3) is 0 Å². The summed E-state index contributed by atoms with van der Waals surface area (Å²) in [5.74, 6) is 0.